The van der Waals surface area contributed by atoms with Crippen molar-refractivity contribution in [2.24, 2.45) is 0 Å². The van der Waals surface area contributed by atoms with Crippen molar-refractivity contribution in [1.82, 2.24) is 4.90 Å². The quantitative estimate of drug-likeness (QED) is 0.502. The summed E-state index contributed by atoms with van der Waals surface area (Å²) in [5.41, 5.74) is 3.78. The number of nitrogens with zero attached hydrogens (tertiary/aromatic N) is 1. The van der Waals surface area contributed by atoms with Gasteiger partial charge in [0.2, 0.25) is 0 Å². The molecule has 28 heavy (non-hydrogen) atoms. The standard InChI is InChI=1S/C22H25NO4S/c1-23(13-16-6-9-19(26-2)10-7-16)21(24)14-27-22(25)15-28-20-11-8-17-4-3-5-18(17)12-20/h6-12H,3-5,13-15H2,1-2H3. The summed E-state index contributed by atoms with van der Waals surface area (Å²) in [6.07, 6.45) is 3.47. The van der Waals surface area contributed by atoms with Gasteiger partial charge in [0.25, 0.3) is 5.91 Å². The molecule has 0 heterocycles. The maximum Gasteiger partial charge on any atom is 0.316 e. The Morgan fingerprint density at radius 3 is 2.57 bits per heavy atom. The molecule has 0 fully saturated rings. The van der Waals surface area contributed by atoms with E-state index in [9.17, 15) is 9.59 Å². The lowest BCUT2D eigenvalue weighted by Gasteiger charge is -2.17. The van der Waals surface area contributed by atoms with Crippen LogP contribution in [0.5, 0.6) is 5.75 Å². The minimum atomic E-state index is -0.378. The number of ether oxygens (including phenoxy) is 2. The maximum atomic E-state index is 12.2. The van der Waals surface area contributed by atoms with Crippen LogP contribution in [0.25, 0.3) is 0 Å². The molecular weight excluding hydrogens is 374 g/mol. The van der Waals surface area contributed by atoms with Crippen LogP contribution in [-0.4, -0.2) is 43.3 Å². The number of hydrogen-bond acceptors (Lipinski definition) is 5. The molecule has 1 amide bonds. The molecule has 0 radical (unpaired) electrons. The topological polar surface area (TPSA) is 55.8 Å². The van der Waals surface area contributed by atoms with E-state index in [-0.39, 0.29) is 24.2 Å². The highest BCUT2D eigenvalue weighted by Gasteiger charge is 2.14. The molecule has 0 unspecified atom stereocenters. The Balaban J connectivity index is 1.40. The first-order valence-electron chi connectivity index (χ1n) is 9.32. The summed E-state index contributed by atoms with van der Waals surface area (Å²) >= 11 is 1.45. The zero-order chi connectivity index (χ0) is 19.9. The highest BCUT2D eigenvalue weighted by molar-refractivity contribution is 8.00. The summed E-state index contributed by atoms with van der Waals surface area (Å²) in [4.78, 5) is 26.8. The molecule has 1 aliphatic rings. The van der Waals surface area contributed by atoms with Crippen molar-refractivity contribution in [1.29, 1.82) is 0 Å². The van der Waals surface area contributed by atoms with Crippen LogP contribution in [0.1, 0.15) is 23.1 Å². The van der Waals surface area contributed by atoms with Gasteiger partial charge < -0.3 is 14.4 Å². The number of carbonyl (C=O) groups excluding carboxylic acids is 2. The van der Waals surface area contributed by atoms with Gasteiger partial charge in [-0.1, -0.05) is 18.2 Å². The highest BCUT2D eigenvalue weighted by atomic mass is 32.2. The lowest BCUT2D eigenvalue weighted by Crippen LogP contribution is -2.31. The molecule has 0 saturated carbocycles. The van der Waals surface area contributed by atoms with Gasteiger partial charge in [-0.15, -0.1) is 11.8 Å². The third-order valence-electron chi connectivity index (χ3n) is 4.79. The number of esters is 1. The third-order valence-corrected chi connectivity index (χ3v) is 5.76. The van der Waals surface area contributed by atoms with E-state index in [1.165, 1.54) is 29.3 Å². The van der Waals surface area contributed by atoms with E-state index in [0.29, 0.717) is 6.54 Å². The van der Waals surface area contributed by atoms with Crippen molar-refractivity contribution >= 4 is 23.6 Å². The second kappa shape index (κ2) is 9.64. The van der Waals surface area contributed by atoms with Gasteiger partial charge >= 0.3 is 5.97 Å². The Morgan fingerprint density at radius 1 is 1.07 bits per heavy atom. The minimum absolute atomic E-state index is 0.203. The van der Waals surface area contributed by atoms with Gasteiger partial charge in [-0.3, -0.25) is 9.59 Å². The van der Waals surface area contributed by atoms with E-state index in [1.54, 1.807) is 19.1 Å². The van der Waals surface area contributed by atoms with Crippen LogP contribution in [0, 0.1) is 0 Å². The molecule has 0 aliphatic heterocycles. The Labute approximate surface area is 170 Å². The lowest BCUT2D eigenvalue weighted by atomic mass is 10.1. The first-order valence-corrected chi connectivity index (χ1v) is 10.3. The van der Waals surface area contributed by atoms with Crippen LogP contribution in [0.4, 0.5) is 0 Å². The fourth-order valence-corrected chi connectivity index (χ4v) is 3.93. The normalized spacial score (nSPS) is 12.4. The van der Waals surface area contributed by atoms with Gasteiger partial charge in [0.05, 0.1) is 12.9 Å². The van der Waals surface area contributed by atoms with Crippen molar-refractivity contribution in [2.75, 3.05) is 26.5 Å². The molecule has 5 nitrogen and oxygen atoms in total. The second-order valence-corrected chi connectivity index (χ2v) is 7.88. The molecule has 0 spiro atoms. The highest BCUT2D eigenvalue weighted by Crippen LogP contribution is 2.27. The van der Waals surface area contributed by atoms with E-state index in [0.717, 1.165) is 29.1 Å². The van der Waals surface area contributed by atoms with E-state index in [4.69, 9.17) is 9.47 Å². The minimum Gasteiger partial charge on any atom is -0.497 e. The van der Waals surface area contributed by atoms with E-state index in [2.05, 4.69) is 18.2 Å². The largest absolute Gasteiger partial charge is 0.497 e. The number of thioether (sulfide) groups is 1. The first-order chi connectivity index (χ1) is 13.5. The van der Waals surface area contributed by atoms with Gasteiger partial charge in [0.1, 0.15) is 5.75 Å². The number of methoxy groups -OCH3 is 1. The number of likely N-dealkylation sites (N-methyl/N-ethyl adjacent to an activating group) is 1. The second-order valence-electron chi connectivity index (χ2n) is 6.83. The van der Waals surface area contributed by atoms with Crippen molar-refractivity contribution in [3.05, 3.63) is 59.2 Å². The molecule has 0 atom stereocenters. The van der Waals surface area contributed by atoms with Crippen LogP contribution in [-0.2, 0) is 33.7 Å². The van der Waals surface area contributed by atoms with Crippen molar-refractivity contribution < 1.29 is 19.1 Å². The number of rotatable bonds is 8. The van der Waals surface area contributed by atoms with E-state index >= 15 is 0 Å². The molecule has 2 aromatic carbocycles. The summed E-state index contributed by atoms with van der Waals surface area (Å²) in [6, 6.07) is 13.9. The Bertz CT molecular complexity index is 835. The van der Waals surface area contributed by atoms with Crippen LogP contribution < -0.4 is 4.74 Å². The average Bonchev–Trinajstić information content (AvgIpc) is 3.18. The number of aryl methyl sites for hydroxylation is 2. The van der Waals surface area contributed by atoms with Crippen LogP contribution in [0.15, 0.2) is 47.4 Å². The van der Waals surface area contributed by atoms with Gasteiger partial charge in [0.15, 0.2) is 6.61 Å². The molecule has 2 aromatic rings. The zero-order valence-corrected chi connectivity index (χ0v) is 17.1. The number of fused-ring (bicyclic) bond motifs is 1. The average molecular weight is 400 g/mol. The van der Waals surface area contributed by atoms with E-state index < -0.39 is 0 Å². The summed E-state index contributed by atoms with van der Waals surface area (Å²) < 4.78 is 10.3. The van der Waals surface area contributed by atoms with Gasteiger partial charge in [0, 0.05) is 18.5 Å². The van der Waals surface area contributed by atoms with Crippen molar-refractivity contribution in [2.45, 2.75) is 30.7 Å². The van der Waals surface area contributed by atoms with Gasteiger partial charge in [-0.05, 0) is 60.2 Å². The number of amides is 1. The number of carbonyl (C=O) groups is 2. The molecular formula is C22H25NO4S. The maximum absolute atomic E-state index is 12.2. The van der Waals surface area contributed by atoms with Crippen molar-refractivity contribution in [3.63, 3.8) is 0 Å². The Morgan fingerprint density at radius 2 is 1.82 bits per heavy atom. The van der Waals surface area contributed by atoms with Gasteiger partial charge in [-0.25, -0.2) is 0 Å². The Hall–Kier alpha value is -2.47. The van der Waals surface area contributed by atoms with Crippen molar-refractivity contribution in [3.8, 4) is 5.75 Å². The van der Waals surface area contributed by atoms with Crippen LogP contribution >= 0.6 is 11.8 Å². The Kier molecular flexibility index (Phi) is 6.98. The van der Waals surface area contributed by atoms with Crippen LogP contribution in [0.2, 0.25) is 0 Å². The molecule has 0 N–H and O–H groups in total. The molecule has 3 rings (SSSR count). The predicted octanol–water partition coefficient (Wildman–Crippen LogP) is 3.48. The summed E-state index contributed by atoms with van der Waals surface area (Å²) in [7, 11) is 3.31. The summed E-state index contributed by atoms with van der Waals surface area (Å²) in [5, 5.41) is 0. The van der Waals surface area contributed by atoms with Crippen LogP contribution in [0.3, 0.4) is 0 Å². The first kappa shape index (κ1) is 20.3. The molecule has 148 valence electrons. The lowest BCUT2D eigenvalue weighted by molar-refractivity contribution is -0.149. The monoisotopic (exact) mass is 399 g/mol. The number of hydrogen-bond donors (Lipinski definition) is 0. The molecule has 6 heteroatoms. The third kappa shape index (κ3) is 5.52. The van der Waals surface area contributed by atoms with Gasteiger partial charge in [-0.2, -0.15) is 0 Å². The summed E-state index contributed by atoms with van der Waals surface area (Å²) in [5.74, 6) is 0.366. The SMILES string of the molecule is COc1ccc(CN(C)C(=O)COC(=O)CSc2ccc3c(c2)CCC3)cc1. The zero-order valence-electron chi connectivity index (χ0n) is 16.3. The van der Waals surface area contributed by atoms with E-state index in [1.807, 2.05) is 24.3 Å². The fraction of sp³-hybridized carbons (Fsp3) is 0.364. The molecule has 0 bridgehead atoms. The molecule has 0 saturated heterocycles. The predicted molar refractivity (Wildman–Crippen MR) is 110 cm³/mol. The number of benzene rings is 2. The smallest absolute Gasteiger partial charge is 0.316 e. The summed E-state index contributed by atoms with van der Waals surface area (Å²) in [6.45, 7) is 0.209. The molecule has 1 aliphatic carbocycles. The fourth-order valence-electron chi connectivity index (χ4n) is 3.17. The molecule has 0 aromatic heterocycles.